The standard InChI is InChI=1S/C16H17ClFNO/c1-10-5-3-4-6-13(10)16(11(2)19)20-12-7-8-15(18)14(17)9-12/h3-9,11,16H,19H2,1-2H3. The first kappa shape index (κ1) is 14.8. The normalized spacial score (nSPS) is 13.8. The van der Waals surface area contributed by atoms with Gasteiger partial charge in [0.05, 0.1) is 5.02 Å². The first-order valence-corrected chi connectivity index (χ1v) is 6.79. The van der Waals surface area contributed by atoms with Gasteiger partial charge in [0.25, 0.3) is 0 Å². The smallest absolute Gasteiger partial charge is 0.142 e. The Kier molecular flexibility index (Phi) is 4.63. The van der Waals surface area contributed by atoms with Crippen molar-refractivity contribution in [3.05, 3.63) is 64.4 Å². The van der Waals surface area contributed by atoms with E-state index in [9.17, 15) is 4.39 Å². The summed E-state index contributed by atoms with van der Waals surface area (Å²) in [6.07, 6.45) is -0.308. The Hall–Kier alpha value is -1.58. The molecular formula is C16H17ClFNO. The van der Waals surface area contributed by atoms with E-state index in [0.717, 1.165) is 11.1 Å². The molecule has 0 saturated heterocycles. The van der Waals surface area contributed by atoms with Crippen molar-refractivity contribution in [1.29, 1.82) is 0 Å². The molecule has 2 N–H and O–H groups in total. The predicted octanol–water partition coefficient (Wildman–Crippen LogP) is 4.25. The van der Waals surface area contributed by atoms with Gasteiger partial charge in [-0.3, -0.25) is 0 Å². The van der Waals surface area contributed by atoms with E-state index < -0.39 is 5.82 Å². The number of aryl methyl sites for hydroxylation is 1. The summed E-state index contributed by atoms with van der Waals surface area (Å²) in [7, 11) is 0. The number of ether oxygens (including phenoxy) is 1. The zero-order valence-corrected chi connectivity index (χ0v) is 12.2. The van der Waals surface area contributed by atoms with Gasteiger partial charge in [-0.05, 0) is 37.1 Å². The van der Waals surface area contributed by atoms with Crippen molar-refractivity contribution in [2.24, 2.45) is 5.73 Å². The molecule has 2 nitrogen and oxygen atoms in total. The van der Waals surface area contributed by atoms with Gasteiger partial charge in [-0.1, -0.05) is 35.9 Å². The van der Waals surface area contributed by atoms with E-state index in [4.69, 9.17) is 22.1 Å². The number of hydrogen-bond acceptors (Lipinski definition) is 2. The monoisotopic (exact) mass is 293 g/mol. The maximum Gasteiger partial charge on any atom is 0.142 e. The largest absolute Gasteiger partial charge is 0.484 e. The maximum absolute atomic E-state index is 13.2. The van der Waals surface area contributed by atoms with Gasteiger partial charge in [-0.15, -0.1) is 0 Å². The summed E-state index contributed by atoms with van der Waals surface area (Å²) >= 11 is 5.77. The lowest BCUT2D eigenvalue weighted by atomic mass is 9.99. The summed E-state index contributed by atoms with van der Waals surface area (Å²) in [6.45, 7) is 3.88. The molecule has 106 valence electrons. The Bertz CT molecular complexity index is 601. The summed E-state index contributed by atoms with van der Waals surface area (Å²) in [5, 5.41) is 0.0377. The van der Waals surface area contributed by atoms with Crippen molar-refractivity contribution >= 4 is 11.6 Å². The SMILES string of the molecule is Cc1ccccc1C(Oc1ccc(F)c(Cl)c1)C(C)N. The van der Waals surface area contributed by atoms with Crippen LogP contribution < -0.4 is 10.5 Å². The summed E-state index contributed by atoms with van der Waals surface area (Å²) in [6, 6.07) is 12.0. The Balaban J connectivity index is 2.31. The van der Waals surface area contributed by atoms with E-state index in [2.05, 4.69) is 0 Å². The van der Waals surface area contributed by atoms with Crippen molar-refractivity contribution in [2.75, 3.05) is 0 Å². The molecule has 0 aliphatic carbocycles. The summed E-state index contributed by atoms with van der Waals surface area (Å²) in [4.78, 5) is 0. The second-order valence-corrected chi connectivity index (χ2v) is 5.24. The van der Waals surface area contributed by atoms with Crippen LogP contribution in [0, 0.1) is 12.7 Å². The second kappa shape index (κ2) is 6.25. The predicted molar refractivity (Wildman–Crippen MR) is 79.6 cm³/mol. The van der Waals surface area contributed by atoms with Crippen LogP contribution in [0.2, 0.25) is 5.02 Å². The molecule has 2 unspecified atom stereocenters. The lowest BCUT2D eigenvalue weighted by Crippen LogP contribution is -2.29. The van der Waals surface area contributed by atoms with Gasteiger partial charge >= 0.3 is 0 Å². The molecule has 0 aliphatic heterocycles. The third-order valence-electron chi connectivity index (χ3n) is 3.13. The Morgan fingerprint density at radius 1 is 1.20 bits per heavy atom. The zero-order valence-electron chi connectivity index (χ0n) is 11.4. The highest BCUT2D eigenvalue weighted by Gasteiger charge is 2.20. The number of halogens is 2. The lowest BCUT2D eigenvalue weighted by molar-refractivity contribution is 0.179. The van der Waals surface area contributed by atoms with Crippen LogP contribution >= 0.6 is 11.6 Å². The molecule has 0 bridgehead atoms. The molecule has 0 saturated carbocycles. The minimum atomic E-state index is -0.466. The maximum atomic E-state index is 13.2. The number of rotatable bonds is 4. The molecule has 0 aliphatic rings. The zero-order chi connectivity index (χ0) is 14.7. The number of benzene rings is 2. The molecule has 0 aromatic heterocycles. The van der Waals surface area contributed by atoms with Gasteiger partial charge in [0.1, 0.15) is 17.7 Å². The Labute approximate surface area is 123 Å². The molecule has 0 heterocycles. The fourth-order valence-corrected chi connectivity index (χ4v) is 2.23. The van der Waals surface area contributed by atoms with Gasteiger partial charge in [-0.2, -0.15) is 0 Å². The summed E-state index contributed by atoms with van der Waals surface area (Å²) < 4.78 is 19.1. The third-order valence-corrected chi connectivity index (χ3v) is 3.42. The van der Waals surface area contributed by atoms with Crippen LogP contribution in [0.5, 0.6) is 5.75 Å². The van der Waals surface area contributed by atoms with Crippen molar-refractivity contribution in [3.63, 3.8) is 0 Å². The lowest BCUT2D eigenvalue weighted by Gasteiger charge is -2.24. The van der Waals surface area contributed by atoms with Crippen LogP contribution in [0.1, 0.15) is 24.2 Å². The average molecular weight is 294 g/mol. The molecule has 0 radical (unpaired) electrons. The van der Waals surface area contributed by atoms with Crippen molar-refractivity contribution in [1.82, 2.24) is 0 Å². The highest BCUT2D eigenvalue weighted by molar-refractivity contribution is 6.30. The van der Waals surface area contributed by atoms with Crippen LogP contribution in [-0.2, 0) is 0 Å². The van der Waals surface area contributed by atoms with Crippen LogP contribution in [0.4, 0.5) is 4.39 Å². The highest BCUT2D eigenvalue weighted by atomic mass is 35.5. The van der Waals surface area contributed by atoms with E-state index in [1.54, 1.807) is 6.07 Å². The molecule has 4 heteroatoms. The van der Waals surface area contributed by atoms with E-state index in [1.807, 2.05) is 38.1 Å². The Morgan fingerprint density at radius 3 is 2.50 bits per heavy atom. The molecule has 0 amide bonds. The molecule has 20 heavy (non-hydrogen) atoms. The van der Waals surface area contributed by atoms with Gasteiger partial charge in [-0.25, -0.2) is 4.39 Å². The third kappa shape index (κ3) is 3.30. The molecule has 2 aromatic carbocycles. The van der Waals surface area contributed by atoms with Gasteiger partial charge in [0.2, 0.25) is 0 Å². The quantitative estimate of drug-likeness (QED) is 0.914. The van der Waals surface area contributed by atoms with Crippen LogP contribution in [0.15, 0.2) is 42.5 Å². The molecule has 2 aromatic rings. The van der Waals surface area contributed by atoms with E-state index in [0.29, 0.717) is 5.75 Å². The molecule has 0 fully saturated rings. The summed E-state index contributed by atoms with van der Waals surface area (Å²) in [5.41, 5.74) is 8.14. The molecule has 2 rings (SSSR count). The van der Waals surface area contributed by atoms with Crippen LogP contribution in [0.25, 0.3) is 0 Å². The van der Waals surface area contributed by atoms with Crippen molar-refractivity contribution in [2.45, 2.75) is 26.0 Å². The van der Waals surface area contributed by atoms with Crippen molar-refractivity contribution < 1.29 is 9.13 Å². The van der Waals surface area contributed by atoms with Crippen LogP contribution in [0.3, 0.4) is 0 Å². The molecule has 0 spiro atoms. The minimum Gasteiger partial charge on any atom is -0.484 e. The minimum absolute atomic E-state index is 0.0377. The van der Waals surface area contributed by atoms with E-state index in [1.165, 1.54) is 12.1 Å². The fraction of sp³-hybridized carbons (Fsp3) is 0.250. The van der Waals surface area contributed by atoms with Gasteiger partial charge < -0.3 is 10.5 Å². The first-order chi connectivity index (χ1) is 9.49. The second-order valence-electron chi connectivity index (χ2n) is 4.83. The number of hydrogen-bond donors (Lipinski definition) is 1. The van der Waals surface area contributed by atoms with Crippen LogP contribution in [-0.4, -0.2) is 6.04 Å². The van der Waals surface area contributed by atoms with Gasteiger partial charge in [0.15, 0.2) is 0 Å². The topological polar surface area (TPSA) is 35.2 Å². The summed E-state index contributed by atoms with van der Waals surface area (Å²) in [5.74, 6) is 0.0363. The van der Waals surface area contributed by atoms with E-state index >= 15 is 0 Å². The van der Waals surface area contributed by atoms with Crippen molar-refractivity contribution in [3.8, 4) is 5.75 Å². The molecular weight excluding hydrogens is 277 g/mol. The average Bonchev–Trinajstić information content (AvgIpc) is 2.41. The molecule has 2 atom stereocenters. The Morgan fingerprint density at radius 2 is 1.90 bits per heavy atom. The van der Waals surface area contributed by atoms with E-state index in [-0.39, 0.29) is 17.2 Å². The highest BCUT2D eigenvalue weighted by Crippen LogP contribution is 2.29. The number of nitrogens with two attached hydrogens (primary N) is 1. The fourth-order valence-electron chi connectivity index (χ4n) is 2.06. The first-order valence-electron chi connectivity index (χ1n) is 6.42. The van der Waals surface area contributed by atoms with Gasteiger partial charge in [0, 0.05) is 12.1 Å².